The fourth-order valence-corrected chi connectivity index (χ4v) is 3.17. The molecule has 4 amide bonds. The summed E-state index contributed by atoms with van der Waals surface area (Å²) in [5.74, 6) is -0.333. The lowest BCUT2D eigenvalue weighted by atomic mass is 9.84. The predicted octanol–water partition coefficient (Wildman–Crippen LogP) is 0.996. The van der Waals surface area contributed by atoms with E-state index in [9.17, 15) is 14.4 Å². The molecule has 2 aliphatic rings. The van der Waals surface area contributed by atoms with Crippen molar-refractivity contribution in [2.45, 2.75) is 38.3 Å². The summed E-state index contributed by atoms with van der Waals surface area (Å²) in [5.41, 5.74) is 0.933. The van der Waals surface area contributed by atoms with E-state index < -0.39 is 11.6 Å². The van der Waals surface area contributed by atoms with Crippen molar-refractivity contribution in [3.63, 3.8) is 0 Å². The van der Waals surface area contributed by atoms with Gasteiger partial charge < -0.3 is 20.9 Å². The fourth-order valence-electron chi connectivity index (χ4n) is 3.17. The summed E-state index contributed by atoms with van der Waals surface area (Å²) in [4.78, 5) is 38.2. The van der Waals surface area contributed by atoms with E-state index in [2.05, 4.69) is 16.0 Å². The van der Waals surface area contributed by atoms with Crippen LogP contribution < -0.4 is 16.0 Å². The number of carbonyl (C=O) groups excluding carboxylic acids is 3. The van der Waals surface area contributed by atoms with Gasteiger partial charge in [0.1, 0.15) is 11.6 Å². The second kappa shape index (κ2) is 6.14. The lowest BCUT2D eigenvalue weighted by Gasteiger charge is -2.44. The van der Waals surface area contributed by atoms with E-state index in [4.69, 9.17) is 0 Å². The maximum absolute atomic E-state index is 12.4. The van der Waals surface area contributed by atoms with Crippen LogP contribution in [0.25, 0.3) is 0 Å². The van der Waals surface area contributed by atoms with Crippen LogP contribution in [0.4, 0.5) is 10.5 Å². The number of amides is 4. The molecule has 2 heterocycles. The highest BCUT2D eigenvalue weighted by Gasteiger charge is 2.47. The Morgan fingerprint density at radius 2 is 2.00 bits per heavy atom. The molecular weight excluding hydrogens is 308 g/mol. The number of rotatable bonds is 1. The molecule has 2 aliphatic heterocycles. The quantitative estimate of drug-likeness (QED) is 0.717. The summed E-state index contributed by atoms with van der Waals surface area (Å²) in [7, 11) is 0. The van der Waals surface area contributed by atoms with Crippen molar-refractivity contribution < 1.29 is 14.4 Å². The normalized spacial score (nSPS) is 22.8. The van der Waals surface area contributed by atoms with Gasteiger partial charge in [-0.05, 0) is 44.4 Å². The molecule has 7 nitrogen and oxygen atoms in total. The number of hydrogen-bond donors (Lipinski definition) is 3. The van der Waals surface area contributed by atoms with E-state index in [1.165, 1.54) is 0 Å². The van der Waals surface area contributed by atoms with Gasteiger partial charge in [0.2, 0.25) is 11.8 Å². The first-order valence-electron chi connectivity index (χ1n) is 8.15. The van der Waals surface area contributed by atoms with E-state index in [-0.39, 0.29) is 17.8 Å². The van der Waals surface area contributed by atoms with Crippen LogP contribution in [-0.4, -0.2) is 47.4 Å². The number of carbonyl (C=O) groups is 3. The lowest BCUT2D eigenvalue weighted by Crippen LogP contribution is -2.71. The van der Waals surface area contributed by atoms with Gasteiger partial charge in [-0.3, -0.25) is 9.59 Å². The Bertz CT molecular complexity index is 680. The third-order valence-electron chi connectivity index (χ3n) is 4.71. The van der Waals surface area contributed by atoms with Crippen molar-refractivity contribution in [2.24, 2.45) is 0 Å². The second-order valence-electron chi connectivity index (χ2n) is 6.55. The smallest absolute Gasteiger partial charge is 0.321 e. The zero-order valence-electron chi connectivity index (χ0n) is 13.9. The van der Waals surface area contributed by atoms with Crippen molar-refractivity contribution in [3.8, 4) is 0 Å². The summed E-state index contributed by atoms with van der Waals surface area (Å²) < 4.78 is 0. The number of anilines is 1. The van der Waals surface area contributed by atoms with Crippen molar-refractivity contribution in [1.29, 1.82) is 0 Å². The molecule has 24 heavy (non-hydrogen) atoms. The van der Waals surface area contributed by atoms with Crippen LogP contribution in [0, 0.1) is 6.92 Å². The molecule has 1 atom stereocenters. The van der Waals surface area contributed by atoms with Crippen LogP contribution in [-0.2, 0) is 9.59 Å². The van der Waals surface area contributed by atoms with Gasteiger partial charge in [-0.2, -0.15) is 0 Å². The Morgan fingerprint density at radius 3 is 2.67 bits per heavy atom. The van der Waals surface area contributed by atoms with Gasteiger partial charge in [0.25, 0.3) is 0 Å². The van der Waals surface area contributed by atoms with Crippen molar-refractivity contribution in [3.05, 3.63) is 29.8 Å². The maximum Gasteiger partial charge on any atom is 0.321 e. The summed E-state index contributed by atoms with van der Waals surface area (Å²) in [5, 5.41) is 8.42. The first-order chi connectivity index (χ1) is 11.4. The summed E-state index contributed by atoms with van der Waals surface area (Å²) in [6.07, 6.45) is 0.830. The van der Waals surface area contributed by atoms with Crippen molar-refractivity contribution >= 4 is 23.5 Å². The Kier molecular flexibility index (Phi) is 4.17. The Morgan fingerprint density at radius 1 is 1.29 bits per heavy atom. The third-order valence-corrected chi connectivity index (χ3v) is 4.71. The van der Waals surface area contributed by atoms with Crippen LogP contribution in [0.15, 0.2) is 24.3 Å². The maximum atomic E-state index is 12.4. The molecule has 0 radical (unpaired) electrons. The van der Waals surface area contributed by atoms with Crippen LogP contribution >= 0.6 is 0 Å². The minimum absolute atomic E-state index is 0.159. The number of nitrogens with one attached hydrogen (secondary N) is 3. The highest BCUT2D eigenvalue weighted by Crippen LogP contribution is 2.25. The molecule has 3 N–H and O–H groups in total. The highest BCUT2D eigenvalue weighted by atomic mass is 16.2. The second-order valence-corrected chi connectivity index (χ2v) is 6.55. The molecule has 2 fully saturated rings. The zero-order valence-corrected chi connectivity index (χ0v) is 13.9. The summed E-state index contributed by atoms with van der Waals surface area (Å²) in [6, 6.07) is 6.90. The number of likely N-dealkylation sites (tertiary alicyclic amines) is 1. The average Bonchev–Trinajstić information content (AvgIpc) is 2.54. The zero-order chi connectivity index (χ0) is 17.3. The molecule has 3 rings (SSSR count). The molecule has 1 spiro atoms. The van der Waals surface area contributed by atoms with Gasteiger partial charge in [-0.25, -0.2) is 4.79 Å². The van der Waals surface area contributed by atoms with Crippen LogP contribution in [0.1, 0.15) is 25.3 Å². The van der Waals surface area contributed by atoms with Crippen LogP contribution in [0.5, 0.6) is 0 Å². The molecule has 1 aromatic rings. The number of benzene rings is 1. The lowest BCUT2D eigenvalue weighted by molar-refractivity contribution is -0.143. The molecule has 1 aromatic carbocycles. The molecule has 0 saturated carbocycles. The van der Waals surface area contributed by atoms with E-state index in [1.807, 2.05) is 31.2 Å². The average molecular weight is 330 g/mol. The minimum atomic E-state index is -0.885. The largest absolute Gasteiger partial charge is 0.343 e. The number of piperidine rings is 1. The van der Waals surface area contributed by atoms with Crippen molar-refractivity contribution in [2.75, 3.05) is 18.4 Å². The minimum Gasteiger partial charge on any atom is -0.343 e. The van der Waals surface area contributed by atoms with Gasteiger partial charge in [0.05, 0.1) is 0 Å². The Labute approximate surface area is 140 Å². The topological polar surface area (TPSA) is 90.5 Å². The molecule has 0 bridgehead atoms. The van der Waals surface area contributed by atoms with Gasteiger partial charge >= 0.3 is 6.03 Å². The number of hydrogen-bond acceptors (Lipinski definition) is 3. The molecule has 7 heteroatoms. The summed E-state index contributed by atoms with van der Waals surface area (Å²) in [6.45, 7) is 4.45. The molecule has 0 aromatic heterocycles. The SMILES string of the molecule is Cc1cccc(NC(=O)N2CCC3(CC2)NC(=O)C(C)NC3=O)c1. The van der Waals surface area contributed by atoms with Gasteiger partial charge in [0.15, 0.2) is 0 Å². The first kappa shape index (κ1) is 16.3. The first-order valence-corrected chi connectivity index (χ1v) is 8.15. The van der Waals surface area contributed by atoms with Crippen molar-refractivity contribution in [1.82, 2.24) is 15.5 Å². The number of urea groups is 1. The number of aryl methyl sites for hydroxylation is 1. The molecular formula is C17H22N4O3. The van der Waals surface area contributed by atoms with Crippen LogP contribution in [0.2, 0.25) is 0 Å². The Balaban J connectivity index is 1.61. The van der Waals surface area contributed by atoms with E-state index in [0.29, 0.717) is 25.9 Å². The monoisotopic (exact) mass is 330 g/mol. The standard InChI is InChI=1S/C17H22N4O3/c1-11-4-3-5-13(10-11)19-16(24)21-8-6-17(7-9-21)15(23)18-12(2)14(22)20-17/h3-5,10,12H,6-9H2,1-2H3,(H,18,23)(H,19,24)(H,20,22). The Hall–Kier alpha value is -2.57. The van der Waals surface area contributed by atoms with E-state index in [1.54, 1.807) is 11.8 Å². The molecule has 0 aliphatic carbocycles. The predicted molar refractivity (Wildman–Crippen MR) is 89.5 cm³/mol. The molecule has 1 unspecified atom stereocenters. The van der Waals surface area contributed by atoms with Gasteiger partial charge in [-0.1, -0.05) is 12.1 Å². The fraction of sp³-hybridized carbons (Fsp3) is 0.471. The molecule has 128 valence electrons. The number of piperazine rings is 1. The van der Waals surface area contributed by atoms with E-state index in [0.717, 1.165) is 11.3 Å². The number of nitrogens with zero attached hydrogens (tertiary/aromatic N) is 1. The summed E-state index contributed by atoms with van der Waals surface area (Å²) >= 11 is 0. The van der Waals surface area contributed by atoms with Crippen LogP contribution in [0.3, 0.4) is 0 Å². The van der Waals surface area contributed by atoms with Gasteiger partial charge in [-0.15, -0.1) is 0 Å². The highest BCUT2D eigenvalue weighted by molar-refractivity contribution is 6.00. The molecule has 2 saturated heterocycles. The van der Waals surface area contributed by atoms with Gasteiger partial charge in [0, 0.05) is 18.8 Å². The third kappa shape index (κ3) is 3.06. The van der Waals surface area contributed by atoms with E-state index >= 15 is 0 Å².